The monoisotopic (exact) mass is 385 g/mol. The predicted octanol–water partition coefficient (Wildman–Crippen LogP) is 4.00. The second-order valence-electron chi connectivity index (χ2n) is 5.91. The standard InChI is InChI=1S/C20H20ClN3O3/c1-15(24(26-2)20(25)16-6-4-3-5-7-16)14-27-19-12-13-23(22-19)18-10-8-17(21)9-11-18/h3-13,15H,14H2,1-2H3. The number of hydrogen-bond acceptors (Lipinski definition) is 4. The van der Waals surface area contributed by atoms with E-state index in [0.29, 0.717) is 16.5 Å². The highest BCUT2D eigenvalue weighted by atomic mass is 35.5. The van der Waals surface area contributed by atoms with Crippen LogP contribution in [0.5, 0.6) is 5.88 Å². The van der Waals surface area contributed by atoms with E-state index in [1.807, 2.05) is 37.3 Å². The molecule has 1 atom stereocenters. The van der Waals surface area contributed by atoms with Gasteiger partial charge in [0, 0.05) is 22.8 Å². The van der Waals surface area contributed by atoms with E-state index in [4.69, 9.17) is 21.2 Å². The zero-order chi connectivity index (χ0) is 19.2. The summed E-state index contributed by atoms with van der Waals surface area (Å²) in [6.45, 7) is 2.09. The maximum atomic E-state index is 12.6. The van der Waals surface area contributed by atoms with Gasteiger partial charge in [0.25, 0.3) is 5.91 Å². The molecule has 1 amide bonds. The van der Waals surface area contributed by atoms with Crippen molar-refractivity contribution < 1.29 is 14.4 Å². The predicted molar refractivity (Wildman–Crippen MR) is 103 cm³/mol. The lowest BCUT2D eigenvalue weighted by atomic mass is 10.2. The third-order valence-corrected chi connectivity index (χ3v) is 4.20. The lowest BCUT2D eigenvalue weighted by molar-refractivity contribution is -0.126. The van der Waals surface area contributed by atoms with E-state index in [2.05, 4.69) is 5.10 Å². The van der Waals surface area contributed by atoms with Crippen molar-refractivity contribution in [3.8, 4) is 11.6 Å². The van der Waals surface area contributed by atoms with Crippen molar-refractivity contribution in [3.63, 3.8) is 0 Å². The Kier molecular flexibility index (Phi) is 6.11. The zero-order valence-electron chi connectivity index (χ0n) is 15.1. The fourth-order valence-corrected chi connectivity index (χ4v) is 2.69. The van der Waals surface area contributed by atoms with Crippen molar-refractivity contribution in [1.29, 1.82) is 0 Å². The smallest absolute Gasteiger partial charge is 0.277 e. The summed E-state index contributed by atoms with van der Waals surface area (Å²) < 4.78 is 7.42. The molecule has 0 aliphatic heterocycles. The summed E-state index contributed by atoms with van der Waals surface area (Å²) >= 11 is 5.90. The molecule has 27 heavy (non-hydrogen) atoms. The first-order valence-electron chi connectivity index (χ1n) is 8.45. The molecule has 1 unspecified atom stereocenters. The number of carbonyl (C=O) groups is 1. The minimum absolute atomic E-state index is 0.221. The summed E-state index contributed by atoms with van der Waals surface area (Å²) in [4.78, 5) is 17.8. The van der Waals surface area contributed by atoms with Crippen LogP contribution >= 0.6 is 11.6 Å². The zero-order valence-corrected chi connectivity index (χ0v) is 15.8. The minimum Gasteiger partial charge on any atom is -0.474 e. The molecule has 0 N–H and O–H groups in total. The number of hydrogen-bond donors (Lipinski definition) is 0. The Bertz CT molecular complexity index is 881. The van der Waals surface area contributed by atoms with Crippen LogP contribution in [0.2, 0.25) is 5.02 Å². The van der Waals surface area contributed by atoms with Crippen LogP contribution in [0.25, 0.3) is 5.69 Å². The first-order chi connectivity index (χ1) is 13.1. The molecule has 0 radical (unpaired) electrons. The first kappa shape index (κ1) is 18.9. The topological polar surface area (TPSA) is 56.6 Å². The van der Waals surface area contributed by atoms with Gasteiger partial charge in [0.2, 0.25) is 5.88 Å². The summed E-state index contributed by atoms with van der Waals surface area (Å²) in [6, 6.07) is 17.8. The highest BCUT2D eigenvalue weighted by molar-refractivity contribution is 6.30. The average molecular weight is 386 g/mol. The van der Waals surface area contributed by atoms with Crippen LogP contribution in [-0.4, -0.2) is 40.5 Å². The van der Waals surface area contributed by atoms with E-state index in [1.165, 1.54) is 12.2 Å². The molecule has 1 aromatic heterocycles. The van der Waals surface area contributed by atoms with Crippen LogP contribution < -0.4 is 4.74 Å². The van der Waals surface area contributed by atoms with Gasteiger partial charge in [-0.2, -0.15) is 0 Å². The molecule has 0 saturated carbocycles. The molecular weight excluding hydrogens is 366 g/mol. The van der Waals surface area contributed by atoms with Crippen molar-refractivity contribution in [3.05, 3.63) is 77.4 Å². The van der Waals surface area contributed by atoms with Gasteiger partial charge in [0.05, 0.1) is 18.8 Å². The molecule has 1 heterocycles. The van der Waals surface area contributed by atoms with Crippen LogP contribution in [0.1, 0.15) is 17.3 Å². The van der Waals surface area contributed by atoms with Crippen LogP contribution in [-0.2, 0) is 4.84 Å². The molecule has 6 nitrogen and oxygen atoms in total. The lowest BCUT2D eigenvalue weighted by Crippen LogP contribution is -2.41. The number of halogens is 1. The number of nitrogens with zero attached hydrogens (tertiary/aromatic N) is 3. The maximum Gasteiger partial charge on any atom is 0.277 e. The van der Waals surface area contributed by atoms with E-state index in [1.54, 1.807) is 41.2 Å². The van der Waals surface area contributed by atoms with Gasteiger partial charge < -0.3 is 4.74 Å². The summed E-state index contributed by atoms with van der Waals surface area (Å²) in [5, 5.41) is 6.34. The largest absolute Gasteiger partial charge is 0.474 e. The number of carbonyl (C=O) groups excluding carboxylic acids is 1. The second kappa shape index (κ2) is 8.70. The number of ether oxygens (including phenoxy) is 1. The Balaban J connectivity index is 1.62. The normalized spacial score (nSPS) is 11.8. The maximum absolute atomic E-state index is 12.6. The molecule has 0 spiro atoms. The molecule has 3 aromatic rings. The molecule has 0 fully saturated rings. The second-order valence-corrected chi connectivity index (χ2v) is 6.35. The molecule has 0 bridgehead atoms. The van der Waals surface area contributed by atoms with Gasteiger partial charge in [-0.05, 0) is 43.3 Å². The minimum atomic E-state index is -0.302. The summed E-state index contributed by atoms with van der Waals surface area (Å²) in [7, 11) is 1.46. The SMILES string of the molecule is CON(C(=O)c1ccccc1)C(C)COc1ccn(-c2ccc(Cl)cc2)n1. The summed E-state index contributed by atoms with van der Waals surface area (Å²) in [6.07, 6.45) is 1.80. The van der Waals surface area contributed by atoms with Crippen LogP contribution in [0, 0.1) is 0 Å². The van der Waals surface area contributed by atoms with Crippen LogP contribution in [0.15, 0.2) is 66.9 Å². The quantitative estimate of drug-likeness (QED) is 0.577. The Labute approximate surface area is 162 Å². The molecule has 140 valence electrons. The van der Waals surface area contributed by atoms with Crippen LogP contribution in [0.4, 0.5) is 0 Å². The Morgan fingerprint density at radius 2 is 1.85 bits per heavy atom. The molecule has 3 rings (SSSR count). The number of aromatic nitrogens is 2. The van der Waals surface area contributed by atoms with Crippen molar-refractivity contribution >= 4 is 17.5 Å². The van der Waals surface area contributed by atoms with Crippen molar-refractivity contribution in [2.45, 2.75) is 13.0 Å². The Morgan fingerprint density at radius 3 is 2.52 bits per heavy atom. The van der Waals surface area contributed by atoms with Gasteiger partial charge >= 0.3 is 0 Å². The highest BCUT2D eigenvalue weighted by Crippen LogP contribution is 2.16. The molecule has 2 aromatic carbocycles. The highest BCUT2D eigenvalue weighted by Gasteiger charge is 2.22. The van der Waals surface area contributed by atoms with Gasteiger partial charge in [-0.15, -0.1) is 5.10 Å². The molecular formula is C20H20ClN3O3. The first-order valence-corrected chi connectivity index (χ1v) is 8.83. The van der Waals surface area contributed by atoms with Gasteiger partial charge in [0.1, 0.15) is 6.61 Å². The van der Waals surface area contributed by atoms with E-state index in [0.717, 1.165) is 5.69 Å². The van der Waals surface area contributed by atoms with Gasteiger partial charge in [-0.1, -0.05) is 29.8 Å². The number of benzene rings is 2. The van der Waals surface area contributed by atoms with Gasteiger partial charge in [-0.3, -0.25) is 9.63 Å². The Morgan fingerprint density at radius 1 is 1.15 bits per heavy atom. The fourth-order valence-electron chi connectivity index (χ4n) is 2.57. The van der Waals surface area contributed by atoms with E-state index < -0.39 is 0 Å². The molecule has 0 aliphatic rings. The van der Waals surface area contributed by atoms with Crippen molar-refractivity contribution in [2.75, 3.05) is 13.7 Å². The lowest BCUT2D eigenvalue weighted by Gasteiger charge is -2.26. The number of amides is 1. The summed E-state index contributed by atoms with van der Waals surface area (Å²) in [5.41, 5.74) is 1.43. The van der Waals surface area contributed by atoms with E-state index >= 15 is 0 Å². The average Bonchev–Trinajstić information content (AvgIpc) is 3.17. The molecule has 0 saturated heterocycles. The fraction of sp³-hybridized carbons (Fsp3) is 0.200. The third-order valence-electron chi connectivity index (χ3n) is 3.95. The Hall–Kier alpha value is -2.83. The molecule has 7 heteroatoms. The molecule has 0 aliphatic carbocycles. The van der Waals surface area contributed by atoms with Gasteiger partial charge in [-0.25, -0.2) is 9.75 Å². The van der Waals surface area contributed by atoms with Crippen molar-refractivity contribution in [2.24, 2.45) is 0 Å². The van der Waals surface area contributed by atoms with Gasteiger partial charge in [0.15, 0.2) is 0 Å². The number of hydroxylamine groups is 2. The van der Waals surface area contributed by atoms with E-state index in [9.17, 15) is 4.79 Å². The summed E-state index contributed by atoms with van der Waals surface area (Å²) in [5.74, 6) is 0.237. The van der Waals surface area contributed by atoms with Crippen molar-refractivity contribution in [1.82, 2.24) is 14.8 Å². The van der Waals surface area contributed by atoms with Crippen LogP contribution in [0.3, 0.4) is 0 Å². The third kappa shape index (κ3) is 4.67. The van der Waals surface area contributed by atoms with E-state index in [-0.39, 0.29) is 18.6 Å². The number of rotatable bonds is 7.